The molecule has 1 heterocycles. The number of pyridine rings is 1. The van der Waals surface area contributed by atoms with Crippen molar-refractivity contribution in [3.63, 3.8) is 0 Å². The van der Waals surface area contributed by atoms with Crippen molar-refractivity contribution in [2.45, 2.75) is 26.3 Å². The summed E-state index contributed by atoms with van der Waals surface area (Å²) in [5.41, 5.74) is 6.42. The highest BCUT2D eigenvalue weighted by molar-refractivity contribution is 6.29. The summed E-state index contributed by atoms with van der Waals surface area (Å²) in [4.78, 5) is 6.44. The fraction of sp³-hybridized carbons (Fsp3) is 0.583. The summed E-state index contributed by atoms with van der Waals surface area (Å²) >= 11 is 5.81. The number of rotatable bonds is 6. The molecule has 3 N–H and O–H groups in total. The zero-order valence-electron chi connectivity index (χ0n) is 10.7. The SMILES string of the molecule is CC(C)N(C)CCCNc1nc(Cl)ccc1N. The van der Waals surface area contributed by atoms with Crippen molar-refractivity contribution in [2.75, 3.05) is 31.2 Å². The average Bonchev–Trinajstić information content (AvgIpc) is 2.28. The molecule has 0 saturated heterocycles. The van der Waals surface area contributed by atoms with Crippen molar-refractivity contribution in [2.24, 2.45) is 0 Å². The summed E-state index contributed by atoms with van der Waals surface area (Å²) in [6, 6.07) is 4.02. The van der Waals surface area contributed by atoms with Crippen LogP contribution in [0.2, 0.25) is 5.15 Å². The van der Waals surface area contributed by atoms with E-state index in [1.807, 2.05) is 0 Å². The van der Waals surface area contributed by atoms with Crippen LogP contribution < -0.4 is 11.1 Å². The van der Waals surface area contributed by atoms with Gasteiger partial charge in [0.05, 0.1) is 5.69 Å². The van der Waals surface area contributed by atoms with Gasteiger partial charge in [-0.1, -0.05) is 11.6 Å². The highest BCUT2D eigenvalue weighted by Gasteiger charge is 2.03. The molecule has 17 heavy (non-hydrogen) atoms. The number of hydrogen-bond donors (Lipinski definition) is 2. The summed E-state index contributed by atoms with van der Waals surface area (Å²) < 4.78 is 0. The molecule has 0 aromatic carbocycles. The molecule has 0 saturated carbocycles. The first kappa shape index (κ1) is 14.1. The van der Waals surface area contributed by atoms with E-state index in [1.165, 1.54) is 0 Å². The molecule has 0 aliphatic rings. The van der Waals surface area contributed by atoms with Crippen molar-refractivity contribution in [1.29, 1.82) is 0 Å². The molecule has 5 heteroatoms. The number of nitrogens with two attached hydrogens (primary N) is 1. The summed E-state index contributed by atoms with van der Waals surface area (Å²) in [7, 11) is 2.12. The van der Waals surface area contributed by atoms with Gasteiger partial charge in [-0.05, 0) is 46.0 Å². The quantitative estimate of drug-likeness (QED) is 0.607. The van der Waals surface area contributed by atoms with Gasteiger partial charge in [-0.25, -0.2) is 4.98 Å². The normalized spacial score (nSPS) is 11.2. The van der Waals surface area contributed by atoms with Crippen LogP contribution in [-0.4, -0.2) is 36.1 Å². The molecule has 0 spiro atoms. The van der Waals surface area contributed by atoms with Crippen LogP contribution in [0.4, 0.5) is 11.5 Å². The smallest absolute Gasteiger partial charge is 0.150 e. The summed E-state index contributed by atoms with van der Waals surface area (Å²) in [5.74, 6) is 0.671. The van der Waals surface area contributed by atoms with Gasteiger partial charge in [0.15, 0.2) is 5.82 Å². The van der Waals surface area contributed by atoms with Crippen LogP contribution in [0.15, 0.2) is 12.1 Å². The standard InChI is InChI=1S/C12H21ClN4/c1-9(2)17(3)8-4-7-15-12-10(14)5-6-11(13)16-12/h5-6,9H,4,7-8,14H2,1-3H3,(H,15,16). The van der Waals surface area contributed by atoms with Crippen LogP contribution in [0, 0.1) is 0 Å². The predicted molar refractivity (Wildman–Crippen MR) is 74.5 cm³/mol. The number of nitrogens with one attached hydrogen (secondary N) is 1. The van der Waals surface area contributed by atoms with E-state index in [1.54, 1.807) is 12.1 Å². The van der Waals surface area contributed by atoms with Crippen LogP contribution in [0.5, 0.6) is 0 Å². The van der Waals surface area contributed by atoms with E-state index in [9.17, 15) is 0 Å². The molecular weight excluding hydrogens is 236 g/mol. The van der Waals surface area contributed by atoms with Crippen LogP contribution in [0.25, 0.3) is 0 Å². The number of nitrogen functional groups attached to an aromatic ring is 1. The Morgan fingerprint density at radius 2 is 2.18 bits per heavy atom. The van der Waals surface area contributed by atoms with E-state index < -0.39 is 0 Å². The van der Waals surface area contributed by atoms with E-state index in [-0.39, 0.29) is 0 Å². The minimum absolute atomic E-state index is 0.459. The molecule has 0 unspecified atom stereocenters. The van der Waals surface area contributed by atoms with E-state index >= 15 is 0 Å². The van der Waals surface area contributed by atoms with Gasteiger partial charge in [0.2, 0.25) is 0 Å². The Labute approximate surface area is 108 Å². The molecule has 1 aromatic rings. The van der Waals surface area contributed by atoms with E-state index in [0.29, 0.717) is 22.7 Å². The average molecular weight is 257 g/mol. The van der Waals surface area contributed by atoms with Gasteiger partial charge in [0.25, 0.3) is 0 Å². The zero-order valence-corrected chi connectivity index (χ0v) is 11.5. The first-order valence-corrected chi connectivity index (χ1v) is 6.24. The highest BCUT2D eigenvalue weighted by atomic mass is 35.5. The Balaban J connectivity index is 2.33. The first-order valence-electron chi connectivity index (χ1n) is 5.87. The molecule has 96 valence electrons. The van der Waals surface area contributed by atoms with Gasteiger partial charge in [0, 0.05) is 12.6 Å². The second-order valence-electron chi connectivity index (χ2n) is 4.43. The summed E-state index contributed by atoms with van der Waals surface area (Å²) in [6.45, 7) is 6.26. The van der Waals surface area contributed by atoms with Crippen LogP contribution in [0.3, 0.4) is 0 Å². The molecule has 0 atom stereocenters. The fourth-order valence-corrected chi connectivity index (χ4v) is 1.53. The van der Waals surface area contributed by atoms with Gasteiger partial charge in [-0.3, -0.25) is 0 Å². The third-order valence-electron chi connectivity index (χ3n) is 2.75. The van der Waals surface area contributed by atoms with E-state index in [4.69, 9.17) is 17.3 Å². The number of nitrogens with zero attached hydrogens (tertiary/aromatic N) is 2. The predicted octanol–water partition coefficient (Wildman–Crippen LogP) is 2.46. The van der Waals surface area contributed by atoms with Crippen molar-refractivity contribution in [1.82, 2.24) is 9.88 Å². The molecule has 0 amide bonds. The van der Waals surface area contributed by atoms with Gasteiger partial charge < -0.3 is 16.0 Å². The van der Waals surface area contributed by atoms with Gasteiger partial charge in [-0.15, -0.1) is 0 Å². The maximum Gasteiger partial charge on any atom is 0.150 e. The van der Waals surface area contributed by atoms with Crippen molar-refractivity contribution in [3.05, 3.63) is 17.3 Å². The summed E-state index contributed by atoms with van der Waals surface area (Å²) in [6.07, 6.45) is 1.04. The Morgan fingerprint density at radius 3 is 2.82 bits per heavy atom. The molecule has 1 aromatic heterocycles. The highest BCUT2D eigenvalue weighted by Crippen LogP contribution is 2.17. The van der Waals surface area contributed by atoms with Crippen molar-refractivity contribution in [3.8, 4) is 0 Å². The molecule has 1 rings (SSSR count). The lowest BCUT2D eigenvalue weighted by Gasteiger charge is -2.20. The van der Waals surface area contributed by atoms with Crippen LogP contribution in [0.1, 0.15) is 20.3 Å². The minimum Gasteiger partial charge on any atom is -0.396 e. The van der Waals surface area contributed by atoms with Gasteiger partial charge in [0.1, 0.15) is 5.15 Å². The Kier molecular flexibility index (Phi) is 5.51. The Bertz CT molecular complexity index is 354. The molecule has 0 bridgehead atoms. The lowest BCUT2D eigenvalue weighted by atomic mass is 10.3. The number of halogens is 1. The van der Waals surface area contributed by atoms with Crippen LogP contribution >= 0.6 is 11.6 Å². The van der Waals surface area contributed by atoms with Crippen LogP contribution in [-0.2, 0) is 0 Å². The number of hydrogen-bond acceptors (Lipinski definition) is 4. The number of aromatic nitrogens is 1. The zero-order chi connectivity index (χ0) is 12.8. The lowest BCUT2D eigenvalue weighted by Crippen LogP contribution is -2.28. The van der Waals surface area contributed by atoms with E-state index in [2.05, 4.69) is 36.1 Å². The molecule has 0 radical (unpaired) electrons. The molecule has 0 fully saturated rings. The molecule has 0 aliphatic carbocycles. The van der Waals surface area contributed by atoms with Gasteiger partial charge in [-0.2, -0.15) is 0 Å². The summed E-state index contributed by atoms with van der Waals surface area (Å²) in [5, 5.41) is 3.66. The monoisotopic (exact) mass is 256 g/mol. The number of anilines is 2. The molecule has 4 nitrogen and oxygen atoms in total. The first-order chi connectivity index (χ1) is 8.00. The topological polar surface area (TPSA) is 54.2 Å². The largest absolute Gasteiger partial charge is 0.396 e. The minimum atomic E-state index is 0.459. The third-order valence-corrected chi connectivity index (χ3v) is 2.96. The van der Waals surface area contributed by atoms with Crippen molar-refractivity contribution < 1.29 is 0 Å². The fourth-order valence-electron chi connectivity index (χ4n) is 1.38. The lowest BCUT2D eigenvalue weighted by molar-refractivity contribution is 0.273. The van der Waals surface area contributed by atoms with E-state index in [0.717, 1.165) is 19.5 Å². The third kappa shape index (κ3) is 4.79. The van der Waals surface area contributed by atoms with Crippen molar-refractivity contribution >= 4 is 23.1 Å². The Hall–Kier alpha value is -1.00. The molecule has 0 aliphatic heterocycles. The van der Waals surface area contributed by atoms with Gasteiger partial charge >= 0.3 is 0 Å². The maximum atomic E-state index is 5.81. The second kappa shape index (κ2) is 6.67. The second-order valence-corrected chi connectivity index (χ2v) is 4.81. The Morgan fingerprint density at radius 1 is 1.47 bits per heavy atom. The maximum absolute atomic E-state index is 5.81. The molecular formula is C12H21ClN4.